The highest BCUT2D eigenvalue weighted by Crippen LogP contribution is 2.37. The molecule has 2 heterocycles. The summed E-state index contributed by atoms with van der Waals surface area (Å²) < 4.78 is 11.3. The van der Waals surface area contributed by atoms with Gasteiger partial charge in [-0.3, -0.25) is 0 Å². The van der Waals surface area contributed by atoms with E-state index >= 15 is 0 Å². The Morgan fingerprint density at radius 3 is 2.79 bits per heavy atom. The van der Waals surface area contributed by atoms with Crippen LogP contribution in [-0.2, 0) is 6.54 Å². The predicted octanol–water partition coefficient (Wildman–Crippen LogP) is 2.89. The molecular weight excluding hydrogens is 312 g/mol. The second-order valence-electron chi connectivity index (χ2n) is 4.06. The minimum absolute atomic E-state index is 0.182. The SMILES string of the molecule is Oc1cc2c(cc1CNc1ccc(Br)nc1)OCO2. The molecule has 1 aromatic heterocycles. The van der Waals surface area contributed by atoms with Crippen LogP contribution in [-0.4, -0.2) is 16.9 Å². The molecule has 0 fully saturated rings. The minimum atomic E-state index is 0.182. The Labute approximate surface area is 118 Å². The summed E-state index contributed by atoms with van der Waals surface area (Å²) in [5.41, 5.74) is 1.62. The monoisotopic (exact) mass is 322 g/mol. The Hall–Kier alpha value is -1.95. The van der Waals surface area contributed by atoms with Crippen molar-refractivity contribution in [1.29, 1.82) is 0 Å². The zero-order valence-electron chi connectivity index (χ0n) is 9.89. The van der Waals surface area contributed by atoms with Crippen LogP contribution >= 0.6 is 15.9 Å². The smallest absolute Gasteiger partial charge is 0.231 e. The van der Waals surface area contributed by atoms with Crippen molar-refractivity contribution in [2.24, 2.45) is 0 Å². The molecule has 6 heteroatoms. The Morgan fingerprint density at radius 1 is 1.26 bits per heavy atom. The average Bonchev–Trinajstić information content (AvgIpc) is 2.85. The minimum Gasteiger partial charge on any atom is -0.507 e. The first-order chi connectivity index (χ1) is 9.22. The number of aromatic hydroxyl groups is 1. The Bertz CT molecular complexity index is 602. The van der Waals surface area contributed by atoms with Crippen LogP contribution < -0.4 is 14.8 Å². The van der Waals surface area contributed by atoms with Gasteiger partial charge in [-0.25, -0.2) is 4.98 Å². The topological polar surface area (TPSA) is 63.6 Å². The van der Waals surface area contributed by atoms with Gasteiger partial charge in [0.1, 0.15) is 10.4 Å². The highest BCUT2D eigenvalue weighted by atomic mass is 79.9. The van der Waals surface area contributed by atoms with Crippen LogP contribution in [0.3, 0.4) is 0 Å². The second kappa shape index (κ2) is 4.97. The van der Waals surface area contributed by atoms with E-state index in [0.29, 0.717) is 18.0 Å². The first-order valence-corrected chi connectivity index (χ1v) is 6.48. The highest BCUT2D eigenvalue weighted by Gasteiger charge is 2.16. The number of anilines is 1. The fraction of sp³-hybridized carbons (Fsp3) is 0.154. The van der Waals surface area contributed by atoms with Gasteiger partial charge in [0.25, 0.3) is 0 Å². The molecule has 0 bridgehead atoms. The summed E-state index contributed by atoms with van der Waals surface area (Å²) in [6.45, 7) is 0.675. The summed E-state index contributed by atoms with van der Waals surface area (Å²) in [6, 6.07) is 7.10. The molecule has 0 atom stereocenters. The lowest BCUT2D eigenvalue weighted by molar-refractivity contribution is 0.174. The summed E-state index contributed by atoms with van der Waals surface area (Å²) in [5, 5.41) is 13.1. The third kappa shape index (κ3) is 2.58. The number of pyridine rings is 1. The van der Waals surface area contributed by atoms with Crippen molar-refractivity contribution in [1.82, 2.24) is 4.98 Å². The van der Waals surface area contributed by atoms with Crippen LogP contribution in [0.15, 0.2) is 35.1 Å². The maximum absolute atomic E-state index is 9.90. The number of hydrogen-bond donors (Lipinski definition) is 2. The van der Waals surface area contributed by atoms with Crippen molar-refractivity contribution in [3.8, 4) is 17.2 Å². The molecule has 0 saturated heterocycles. The van der Waals surface area contributed by atoms with E-state index in [1.54, 1.807) is 18.3 Å². The molecule has 1 aliphatic rings. The van der Waals surface area contributed by atoms with Gasteiger partial charge in [0.2, 0.25) is 6.79 Å². The normalized spacial score (nSPS) is 12.5. The van der Waals surface area contributed by atoms with Crippen molar-refractivity contribution in [3.05, 3.63) is 40.6 Å². The summed E-state index contributed by atoms with van der Waals surface area (Å²) in [4.78, 5) is 4.12. The number of hydrogen-bond acceptors (Lipinski definition) is 5. The van der Waals surface area contributed by atoms with Gasteiger partial charge < -0.3 is 19.9 Å². The van der Waals surface area contributed by atoms with E-state index in [-0.39, 0.29) is 12.5 Å². The molecule has 1 aliphatic heterocycles. The number of rotatable bonds is 3. The van der Waals surface area contributed by atoms with E-state index in [9.17, 15) is 5.11 Å². The molecule has 2 N–H and O–H groups in total. The largest absolute Gasteiger partial charge is 0.507 e. The second-order valence-corrected chi connectivity index (χ2v) is 4.87. The number of fused-ring (bicyclic) bond motifs is 1. The Morgan fingerprint density at radius 2 is 2.05 bits per heavy atom. The molecule has 1 aromatic carbocycles. The average molecular weight is 323 g/mol. The van der Waals surface area contributed by atoms with Crippen LogP contribution in [0.2, 0.25) is 0 Å². The Balaban J connectivity index is 1.75. The first-order valence-electron chi connectivity index (χ1n) is 5.69. The summed E-state index contributed by atoms with van der Waals surface area (Å²) in [7, 11) is 0. The molecule has 0 amide bonds. The molecule has 0 spiro atoms. The van der Waals surface area contributed by atoms with Crippen molar-refractivity contribution in [2.45, 2.75) is 6.54 Å². The number of ether oxygens (including phenoxy) is 2. The third-order valence-electron chi connectivity index (χ3n) is 2.78. The lowest BCUT2D eigenvalue weighted by Gasteiger charge is -2.09. The number of benzene rings is 1. The Kier molecular flexibility index (Phi) is 3.16. The van der Waals surface area contributed by atoms with Crippen LogP contribution in [0.25, 0.3) is 0 Å². The molecule has 2 aromatic rings. The zero-order valence-corrected chi connectivity index (χ0v) is 11.5. The summed E-state index contributed by atoms with van der Waals surface area (Å²) >= 11 is 3.28. The van der Waals surface area contributed by atoms with Gasteiger partial charge in [0, 0.05) is 18.2 Å². The van der Waals surface area contributed by atoms with Gasteiger partial charge in [-0.1, -0.05) is 0 Å². The van der Waals surface area contributed by atoms with Crippen LogP contribution in [0, 0.1) is 0 Å². The molecule has 0 saturated carbocycles. The standard InChI is InChI=1S/C13H11BrN2O3/c14-13-2-1-9(6-16-13)15-5-8-3-11-12(4-10(8)17)19-7-18-11/h1-4,6,15,17H,5,7H2. The number of aromatic nitrogens is 1. The number of phenols is 1. The molecule has 0 unspecified atom stereocenters. The van der Waals surface area contributed by atoms with Gasteiger partial charge in [-0.15, -0.1) is 0 Å². The van der Waals surface area contributed by atoms with Gasteiger partial charge in [0.15, 0.2) is 11.5 Å². The fourth-order valence-corrected chi connectivity index (χ4v) is 2.03. The van der Waals surface area contributed by atoms with Crippen LogP contribution in [0.4, 0.5) is 5.69 Å². The van der Waals surface area contributed by atoms with E-state index in [4.69, 9.17) is 9.47 Å². The van der Waals surface area contributed by atoms with Crippen molar-refractivity contribution >= 4 is 21.6 Å². The quantitative estimate of drug-likeness (QED) is 0.851. The first kappa shape index (κ1) is 12.1. The number of nitrogens with zero attached hydrogens (tertiary/aromatic N) is 1. The van der Waals surface area contributed by atoms with E-state index < -0.39 is 0 Å². The van der Waals surface area contributed by atoms with Crippen LogP contribution in [0.5, 0.6) is 17.2 Å². The number of halogens is 1. The number of phenolic OH excluding ortho intramolecular Hbond substituents is 1. The van der Waals surface area contributed by atoms with Gasteiger partial charge >= 0.3 is 0 Å². The molecule has 3 rings (SSSR count). The molecule has 19 heavy (non-hydrogen) atoms. The van der Waals surface area contributed by atoms with Gasteiger partial charge in [0.05, 0.1) is 11.9 Å². The highest BCUT2D eigenvalue weighted by molar-refractivity contribution is 9.10. The van der Waals surface area contributed by atoms with Crippen molar-refractivity contribution in [2.75, 3.05) is 12.1 Å². The molecule has 0 radical (unpaired) electrons. The van der Waals surface area contributed by atoms with Gasteiger partial charge in [-0.05, 0) is 34.1 Å². The maximum Gasteiger partial charge on any atom is 0.231 e. The summed E-state index contributed by atoms with van der Waals surface area (Å²) in [6.07, 6.45) is 1.72. The zero-order chi connectivity index (χ0) is 13.2. The molecule has 0 aliphatic carbocycles. The third-order valence-corrected chi connectivity index (χ3v) is 3.25. The number of nitrogens with one attached hydrogen (secondary N) is 1. The van der Waals surface area contributed by atoms with Crippen molar-refractivity contribution in [3.63, 3.8) is 0 Å². The van der Waals surface area contributed by atoms with Crippen LogP contribution in [0.1, 0.15) is 5.56 Å². The fourth-order valence-electron chi connectivity index (χ4n) is 1.79. The lowest BCUT2D eigenvalue weighted by Crippen LogP contribution is -2.00. The van der Waals surface area contributed by atoms with E-state index in [1.165, 1.54) is 0 Å². The van der Waals surface area contributed by atoms with E-state index in [2.05, 4.69) is 26.2 Å². The predicted molar refractivity (Wildman–Crippen MR) is 73.5 cm³/mol. The molecule has 98 valence electrons. The molecule has 5 nitrogen and oxygen atoms in total. The van der Waals surface area contributed by atoms with Crippen molar-refractivity contribution < 1.29 is 14.6 Å². The van der Waals surface area contributed by atoms with Gasteiger partial charge in [-0.2, -0.15) is 0 Å². The maximum atomic E-state index is 9.90. The van der Waals surface area contributed by atoms with E-state index in [0.717, 1.165) is 15.9 Å². The lowest BCUT2D eigenvalue weighted by atomic mass is 10.1. The van der Waals surface area contributed by atoms with E-state index in [1.807, 2.05) is 12.1 Å². The molecular formula is C13H11BrN2O3. The summed E-state index contributed by atoms with van der Waals surface area (Å²) in [5.74, 6) is 1.41.